The van der Waals surface area contributed by atoms with Crippen LogP contribution in [-0.4, -0.2) is 9.52 Å². The van der Waals surface area contributed by atoms with Crippen LogP contribution in [-0.2, 0) is 0 Å². The van der Waals surface area contributed by atoms with E-state index in [0.29, 0.717) is 9.52 Å². The van der Waals surface area contributed by atoms with Crippen LogP contribution in [0.1, 0.15) is 0 Å². The van der Waals surface area contributed by atoms with E-state index in [9.17, 15) is 0 Å². The van der Waals surface area contributed by atoms with Gasteiger partial charge in [0.25, 0.3) is 0 Å². The highest BCUT2D eigenvalue weighted by Gasteiger charge is 1.38. The molecule has 0 spiro atoms. The van der Waals surface area contributed by atoms with Gasteiger partial charge in [0.05, 0.1) is 0 Å². The molecular weight excluding hydrogens is 206 g/mol. The summed E-state index contributed by atoms with van der Waals surface area (Å²) in [4.78, 5) is 0. The molecule has 12 heteroatoms. The Morgan fingerprint density at radius 1 is 0.357 bits per heavy atom. The molecule has 0 bridgehead atoms. The molecule has 11 nitrogen and oxygen atoms in total. The fraction of sp³-hybridized carbons (Fsp3) is 1.00. The second-order valence-corrected chi connectivity index (χ2v) is 2.12. The van der Waals surface area contributed by atoms with Crippen molar-refractivity contribution in [2.75, 3.05) is 0 Å². The first-order chi connectivity index (χ1) is 1.41. The zero-order chi connectivity index (χ0) is 2.71. The second kappa shape index (κ2) is 2940. The van der Waals surface area contributed by atoms with Gasteiger partial charge in [0.15, 0.2) is 0 Å². The van der Waals surface area contributed by atoms with E-state index in [0.717, 1.165) is 0 Å². The van der Waals surface area contributed by atoms with E-state index < -0.39 is 0 Å². The van der Waals surface area contributed by atoms with Crippen LogP contribution in [0.3, 0.4) is 0 Å². The molecule has 0 saturated carbocycles. The third kappa shape index (κ3) is 27500. The van der Waals surface area contributed by atoms with Gasteiger partial charge < -0.3 is 67.7 Å². The predicted octanol–water partition coefficient (Wildman–Crippen LogP) is 2.03. The summed E-state index contributed by atoms with van der Waals surface area (Å²) in [6.45, 7) is 4.53. The van der Waals surface area contributed by atoms with Crippen molar-refractivity contribution in [1.82, 2.24) is 67.7 Å². The van der Waals surface area contributed by atoms with E-state index in [2.05, 4.69) is 13.1 Å². The van der Waals surface area contributed by atoms with E-state index >= 15 is 0 Å². The summed E-state index contributed by atoms with van der Waals surface area (Å²) in [5.74, 6) is 0. The maximum absolute atomic E-state index is 2.26. The first kappa shape index (κ1) is 712. The minimum absolute atomic E-state index is 0. The molecule has 0 aromatic rings. The lowest BCUT2D eigenvalue weighted by molar-refractivity contribution is 2.13. The smallest absolute Gasteiger partial charge is 0.0135 e. The van der Waals surface area contributed by atoms with Crippen molar-refractivity contribution in [2.24, 2.45) is 0 Å². The van der Waals surface area contributed by atoms with Crippen LogP contribution >= 0.6 is 0 Å². The highest BCUT2D eigenvalue weighted by molar-refractivity contribution is 6.31. The molecule has 0 rings (SSSR count). The van der Waals surface area contributed by atoms with Gasteiger partial charge in [-0.25, -0.2) is 0 Å². The van der Waals surface area contributed by atoms with Crippen molar-refractivity contribution < 1.29 is 0 Å². The van der Waals surface area contributed by atoms with Gasteiger partial charge >= 0.3 is 0 Å². The van der Waals surface area contributed by atoms with Gasteiger partial charge in [-0.3, -0.25) is 0 Å². The monoisotopic (exact) mass is 247 g/mol. The fourth-order valence-corrected chi connectivity index (χ4v) is 0. The molecule has 14 heavy (non-hydrogen) atoms. The summed E-state index contributed by atoms with van der Waals surface area (Å²) in [5, 5.41) is 0. The molecule has 0 heterocycles. The number of hydrogen-bond acceptors (Lipinski definition) is 11. The lowest BCUT2D eigenvalue weighted by Crippen LogP contribution is -1.53. The number of rotatable bonds is 0. The molecule has 0 saturated heterocycles. The molecule has 0 aromatic heterocycles. The quantitative estimate of drug-likeness (QED) is 0.274. The summed E-state index contributed by atoms with van der Waals surface area (Å²) >= 11 is 0. The van der Waals surface area contributed by atoms with Gasteiger partial charge in [0.1, 0.15) is 0 Å². The Bertz CT molecular complexity index is 13.2. The highest BCUT2D eigenvalue weighted by Crippen LogP contribution is 1.36. The molecule has 0 aliphatic heterocycles. The topological polar surface area (TPSA) is 385 Å². The van der Waals surface area contributed by atoms with Crippen LogP contribution in [0.2, 0.25) is 13.1 Å². The van der Waals surface area contributed by atoms with Crippen LogP contribution in [0, 0.1) is 0 Å². The summed E-state index contributed by atoms with van der Waals surface area (Å²) < 4.78 is 0. The maximum Gasteiger partial charge on any atom is 0.0135 e. The predicted molar refractivity (Wildman–Crippen MR) is 75.5 cm³/mol. The molecule has 108 valence electrons. The summed E-state index contributed by atoms with van der Waals surface area (Å²) in [7, 11) is 0.417. The molecule has 0 radical (unpaired) electrons. The van der Waals surface area contributed by atoms with E-state index in [1.54, 1.807) is 0 Å². The van der Waals surface area contributed by atoms with Crippen molar-refractivity contribution >= 4 is 9.52 Å². The Morgan fingerprint density at radius 3 is 0.357 bits per heavy atom. The van der Waals surface area contributed by atoms with Crippen molar-refractivity contribution in [3.05, 3.63) is 0 Å². The fourth-order valence-electron chi connectivity index (χ4n) is 0. The van der Waals surface area contributed by atoms with Crippen molar-refractivity contribution in [3.8, 4) is 0 Å². The Balaban J connectivity index is -0.000000000364. The van der Waals surface area contributed by atoms with E-state index in [1.165, 1.54) is 0 Å². The second-order valence-electron chi connectivity index (χ2n) is 0.707. The zero-order valence-electron chi connectivity index (χ0n) is 10.5. The molecule has 0 unspecified atom stereocenters. The first-order valence-electron chi connectivity index (χ1n) is 1.41. The molecule has 0 fully saturated rings. The highest BCUT2D eigenvalue weighted by atomic mass is 28.2. The van der Waals surface area contributed by atoms with Crippen molar-refractivity contribution in [2.45, 2.75) is 13.1 Å². The third-order valence-electron chi connectivity index (χ3n) is 0. The molecule has 0 aliphatic carbocycles. The normalized spacial score (nSPS) is 1.29. The molecular formula is C2H41N11Si. The van der Waals surface area contributed by atoms with Gasteiger partial charge in [0, 0.05) is 9.52 Å². The summed E-state index contributed by atoms with van der Waals surface area (Å²) in [6.07, 6.45) is 0. The van der Waals surface area contributed by atoms with Gasteiger partial charge in [0.2, 0.25) is 0 Å². The van der Waals surface area contributed by atoms with E-state index in [4.69, 9.17) is 0 Å². The molecule has 0 amide bonds. The van der Waals surface area contributed by atoms with Gasteiger partial charge in [-0.15, -0.1) is 0 Å². The molecule has 0 aromatic carbocycles. The Morgan fingerprint density at radius 2 is 0.357 bits per heavy atom. The average Bonchev–Trinajstić information content (AvgIpc) is 0.918. The minimum atomic E-state index is 0. The maximum atomic E-state index is 2.26. The molecule has 33 N–H and O–H groups in total. The Labute approximate surface area is 91.2 Å². The molecule has 0 aliphatic rings. The first-order valence-corrected chi connectivity index (χ1v) is 4.24. The van der Waals surface area contributed by atoms with Gasteiger partial charge in [-0.1, -0.05) is 13.1 Å². The van der Waals surface area contributed by atoms with Crippen LogP contribution in [0.5, 0.6) is 0 Å². The zero-order valence-corrected chi connectivity index (χ0v) is 11.9. The lowest BCUT2D eigenvalue weighted by Gasteiger charge is -1.45. The third-order valence-corrected chi connectivity index (χ3v) is 0. The van der Waals surface area contributed by atoms with Crippen LogP contribution < -0.4 is 67.7 Å². The SMILES string of the molecule is C[SiH2]C.N.N.N.N.N.N.N.N.N.N.N. The minimum Gasteiger partial charge on any atom is -0.344 e. The Kier molecular flexibility index (Phi) is 149000. The number of hydrogen-bond donors (Lipinski definition) is 11. The van der Waals surface area contributed by atoms with Crippen molar-refractivity contribution in [1.29, 1.82) is 0 Å². The Hall–Kier alpha value is -0.223. The van der Waals surface area contributed by atoms with Crippen molar-refractivity contribution in [3.63, 3.8) is 0 Å². The van der Waals surface area contributed by atoms with E-state index in [-0.39, 0.29) is 67.7 Å². The lowest BCUT2D eigenvalue weighted by atomic mass is 11.9. The largest absolute Gasteiger partial charge is 0.344 e. The summed E-state index contributed by atoms with van der Waals surface area (Å²) in [6, 6.07) is 0. The van der Waals surface area contributed by atoms with Crippen LogP contribution in [0.15, 0.2) is 0 Å². The summed E-state index contributed by atoms with van der Waals surface area (Å²) in [5.41, 5.74) is 0. The molecule has 0 atom stereocenters. The average molecular weight is 248 g/mol. The van der Waals surface area contributed by atoms with Crippen LogP contribution in [0.25, 0.3) is 0 Å². The van der Waals surface area contributed by atoms with Crippen LogP contribution in [0.4, 0.5) is 0 Å². The standard InChI is InChI=1S/C2H8Si.11H3N/c1-3-2;;;;;;;;;;;/h3H2,1-2H3;11*1H3. The van der Waals surface area contributed by atoms with Gasteiger partial charge in [-0.05, 0) is 0 Å². The van der Waals surface area contributed by atoms with E-state index in [1.807, 2.05) is 0 Å². The van der Waals surface area contributed by atoms with Gasteiger partial charge in [-0.2, -0.15) is 0 Å².